The van der Waals surface area contributed by atoms with Gasteiger partial charge in [0.15, 0.2) is 11.5 Å². The molecular formula is C21H23NO3. The maximum Gasteiger partial charge on any atom is 0.231 e. The van der Waals surface area contributed by atoms with Crippen molar-refractivity contribution in [2.45, 2.75) is 31.7 Å². The van der Waals surface area contributed by atoms with Gasteiger partial charge in [0.25, 0.3) is 0 Å². The Bertz CT molecular complexity index is 764. The molecule has 0 saturated carbocycles. The van der Waals surface area contributed by atoms with Crippen LogP contribution >= 0.6 is 0 Å². The number of piperidine rings is 1. The predicted molar refractivity (Wildman–Crippen MR) is 95.9 cm³/mol. The molecule has 4 rings (SSSR count). The van der Waals surface area contributed by atoms with E-state index in [0.717, 1.165) is 49.5 Å². The van der Waals surface area contributed by atoms with Crippen LogP contribution in [0.5, 0.6) is 11.5 Å². The molecule has 0 aromatic heterocycles. The van der Waals surface area contributed by atoms with Gasteiger partial charge in [-0.2, -0.15) is 0 Å². The second-order valence-corrected chi connectivity index (χ2v) is 6.97. The number of carbonyl (C=O) groups excluding carboxylic acids is 1. The average molecular weight is 337 g/mol. The van der Waals surface area contributed by atoms with Crippen molar-refractivity contribution in [2.75, 3.05) is 19.9 Å². The summed E-state index contributed by atoms with van der Waals surface area (Å²) in [5.74, 6) is 1.93. The fourth-order valence-electron chi connectivity index (χ4n) is 3.99. The van der Waals surface area contributed by atoms with Gasteiger partial charge < -0.3 is 9.47 Å². The fraction of sp³-hybridized carbons (Fsp3) is 0.381. The molecule has 4 nitrogen and oxygen atoms in total. The molecule has 2 aliphatic heterocycles. The molecule has 0 atom stereocenters. The molecule has 0 amide bonds. The van der Waals surface area contributed by atoms with E-state index in [2.05, 4.69) is 29.2 Å². The van der Waals surface area contributed by atoms with Crippen LogP contribution in [0.2, 0.25) is 0 Å². The molecule has 0 radical (unpaired) electrons. The molecular weight excluding hydrogens is 314 g/mol. The lowest BCUT2D eigenvalue weighted by atomic mass is 9.70. The molecule has 0 aliphatic carbocycles. The maximum absolute atomic E-state index is 12.5. The quantitative estimate of drug-likeness (QED) is 0.855. The van der Waals surface area contributed by atoms with Crippen LogP contribution in [0.15, 0.2) is 48.5 Å². The van der Waals surface area contributed by atoms with Gasteiger partial charge in [-0.25, -0.2) is 0 Å². The van der Waals surface area contributed by atoms with Crippen LogP contribution in [0, 0.1) is 0 Å². The molecule has 25 heavy (non-hydrogen) atoms. The van der Waals surface area contributed by atoms with Crippen molar-refractivity contribution in [3.8, 4) is 11.5 Å². The number of hydrogen-bond acceptors (Lipinski definition) is 4. The number of benzene rings is 2. The molecule has 0 bridgehead atoms. The van der Waals surface area contributed by atoms with E-state index in [0.29, 0.717) is 6.79 Å². The third kappa shape index (κ3) is 3.02. The van der Waals surface area contributed by atoms with Crippen molar-refractivity contribution in [3.05, 3.63) is 59.7 Å². The number of ether oxygens (including phenoxy) is 2. The standard InChI is InChI=1S/C21H23NO3/c1-16(23)21(18-5-3-2-4-6-18)9-11-22(12-10-21)14-17-7-8-19-20(13-17)25-15-24-19/h2-8,13H,9-12,14-15H2,1H3. The Labute approximate surface area is 148 Å². The van der Waals surface area contributed by atoms with Gasteiger partial charge in [0, 0.05) is 6.54 Å². The Balaban J connectivity index is 1.46. The molecule has 4 heteroatoms. The van der Waals surface area contributed by atoms with Gasteiger partial charge in [0.1, 0.15) is 5.78 Å². The van der Waals surface area contributed by atoms with Crippen molar-refractivity contribution in [2.24, 2.45) is 0 Å². The SMILES string of the molecule is CC(=O)C1(c2ccccc2)CCN(Cc2ccc3c(c2)OCO3)CC1. The number of ketones is 1. The van der Waals surface area contributed by atoms with Gasteiger partial charge in [-0.15, -0.1) is 0 Å². The van der Waals surface area contributed by atoms with Gasteiger partial charge >= 0.3 is 0 Å². The number of fused-ring (bicyclic) bond motifs is 1. The molecule has 2 heterocycles. The minimum Gasteiger partial charge on any atom is -0.454 e. The van der Waals surface area contributed by atoms with E-state index in [9.17, 15) is 4.79 Å². The van der Waals surface area contributed by atoms with E-state index < -0.39 is 0 Å². The first kappa shape index (κ1) is 16.2. The van der Waals surface area contributed by atoms with Crippen LogP contribution in [-0.4, -0.2) is 30.6 Å². The van der Waals surface area contributed by atoms with Crippen LogP contribution < -0.4 is 9.47 Å². The van der Waals surface area contributed by atoms with E-state index in [1.807, 2.05) is 24.3 Å². The lowest BCUT2D eigenvalue weighted by Crippen LogP contribution is -2.46. The molecule has 2 aromatic carbocycles. The predicted octanol–water partition coefficient (Wildman–Crippen LogP) is 3.54. The number of carbonyl (C=O) groups is 1. The van der Waals surface area contributed by atoms with E-state index in [4.69, 9.17) is 9.47 Å². The van der Waals surface area contributed by atoms with Crippen molar-refractivity contribution in [1.82, 2.24) is 4.90 Å². The van der Waals surface area contributed by atoms with Crippen molar-refractivity contribution < 1.29 is 14.3 Å². The highest BCUT2D eigenvalue weighted by Crippen LogP contribution is 2.37. The topological polar surface area (TPSA) is 38.8 Å². The molecule has 2 aliphatic rings. The fourth-order valence-corrected chi connectivity index (χ4v) is 3.99. The lowest BCUT2D eigenvalue weighted by molar-refractivity contribution is -0.124. The Morgan fingerprint density at radius 3 is 2.48 bits per heavy atom. The summed E-state index contributed by atoms with van der Waals surface area (Å²) >= 11 is 0. The van der Waals surface area contributed by atoms with E-state index in [1.54, 1.807) is 6.92 Å². The zero-order valence-electron chi connectivity index (χ0n) is 14.5. The summed E-state index contributed by atoms with van der Waals surface area (Å²) in [5.41, 5.74) is 2.05. The van der Waals surface area contributed by atoms with Crippen LogP contribution in [0.1, 0.15) is 30.9 Å². The summed E-state index contributed by atoms with van der Waals surface area (Å²) in [4.78, 5) is 14.9. The van der Waals surface area contributed by atoms with Gasteiger partial charge in [0.2, 0.25) is 6.79 Å². The van der Waals surface area contributed by atoms with Gasteiger partial charge in [-0.3, -0.25) is 9.69 Å². The Morgan fingerprint density at radius 2 is 1.76 bits per heavy atom. The van der Waals surface area contributed by atoms with Gasteiger partial charge in [-0.1, -0.05) is 36.4 Å². The number of nitrogens with zero attached hydrogens (tertiary/aromatic N) is 1. The summed E-state index contributed by atoms with van der Waals surface area (Å²) in [6, 6.07) is 16.4. The summed E-state index contributed by atoms with van der Waals surface area (Å²) in [7, 11) is 0. The number of likely N-dealkylation sites (tertiary alicyclic amines) is 1. The molecule has 2 aromatic rings. The Hall–Kier alpha value is -2.33. The van der Waals surface area contributed by atoms with E-state index >= 15 is 0 Å². The monoisotopic (exact) mass is 337 g/mol. The highest BCUT2D eigenvalue weighted by molar-refractivity contribution is 5.88. The van der Waals surface area contributed by atoms with E-state index in [1.165, 1.54) is 5.56 Å². The van der Waals surface area contributed by atoms with Crippen LogP contribution in [0.25, 0.3) is 0 Å². The Morgan fingerprint density at radius 1 is 1.04 bits per heavy atom. The third-order valence-electron chi connectivity index (χ3n) is 5.55. The summed E-state index contributed by atoms with van der Waals surface area (Å²) < 4.78 is 10.8. The Kier molecular flexibility index (Phi) is 4.22. The lowest BCUT2D eigenvalue weighted by Gasteiger charge is -2.40. The van der Waals surface area contributed by atoms with Crippen molar-refractivity contribution in [3.63, 3.8) is 0 Å². The average Bonchev–Trinajstić information content (AvgIpc) is 3.11. The highest BCUT2D eigenvalue weighted by Gasteiger charge is 2.40. The van der Waals surface area contributed by atoms with Crippen LogP contribution in [0.3, 0.4) is 0 Å². The molecule has 130 valence electrons. The number of Topliss-reactive ketones (excluding diaryl/α,β-unsaturated/α-hetero) is 1. The van der Waals surface area contributed by atoms with Crippen molar-refractivity contribution in [1.29, 1.82) is 0 Å². The van der Waals surface area contributed by atoms with Gasteiger partial charge in [-0.05, 0) is 56.1 Å². The molecule has 0 N–H and O–H groups in total. The third-order valence-corrected chi connectivity index (χ3v) is 5.55. The second-order valence-electron chi connectivity index (χ2n) is 6.97. The van der Waals surface area contributed by atoms with Crippen LogP contribution in [-0.2, 0) is 16.8 Å². The minimum atomic E-state index is -0.327. The summed E-state index contributed by atoms with van der Waals surface area (Å²) in [6.45, 7) is 4.76. The number of rotatable bonds is 4. The minimum absolute atomic E-state index is 0.279. The summed E-state index contributed by atoms with van der Waals surface area (Å²) in [5, 5.41) is 0. The normalized spacial score (nSPS) is 18.9. The molecule has 1 saturated heterocycles. The smallest absolute Gasteiger partial charge is 0.231 e. The van der Waals surface area contributed by atoms with Gasteiger partial charge in [0.05, 0.1) is 5.41 Å². The molecule has 0 spiro atoms. The number of hydrogen-bond donors (Lipinski definition) is 0. The largest absolute Gasteiger partial charge is 0.454 e. The zero-order chi connectivity index (χ0) is 17.3. The second kappa shape index (κ2) is 6.52. The first-order valence-corrected chi connectivity index (χ1v) is 8.85. The van der Waals surface area contributed by atoms with E-state index in [-0.39, 0.29) is 11.2 Å². The molecule has 0 unspecified atom stereocenters. The van der Waals surface area contributed by atoms with Crippen LogP contribution in [0.4, 0.5) is 0 Å². The zero-order valence-corrected chi connectivity index (χ0v) is 14.5. The first-order chi connectivity index (χ1) is 12.2. The maximum atomic E-state index is 12.5. The van der Waals surface area contributed by atoms with Crippen molar-refractivity contribution >= 4 is 5.78 Å². The molecule has 1 fully saturated rings. The highest BCUT2D eigenvalue weighted by atomic mass is 16.7. The summed E-state index contributed by atoms with van der Waals surface area (Å²) in [6.07, 6.45) is 1.74. The first-order valence-electron chi connectivity index (χ1n) is 8.85.